The molecule has 1 nitrogen and oxygen atoms in total. The first-order valence-electron chi connectivity index (χ1n) is 8.01. The van der Waals surface area contributed by atoms with Gasteiger partial charge in [-0.1, -0.05) is 54.0 Å². The van der Waals surface area contributed by atoms with Crippen LogP contribution in [0.15, 0.2) is 23.1 Å². The molecule has 0 fully saturated rings. The van der Waals surface area contributed by atoms with Gasteiger partial charge in [0.15, 0.2) is 0 Å². The molecule has 120 valence electrons. The maximum Gasteiger partial charge on any atom is 0.132 e. The standard InChI is InChI=1S/C19H32OS/c1-8-9-12-20-16-11-10-15(13-17(16)21-7)19(5,6)14-18(2,3)4/h10-11,13H,8-9,12,14H2,1-7H3. The van der Waals surface area contributed by atoms with Crippen LogP contribution in [-0.4, -0.2) is 12.9 Å². The molecule has 1 aromatic rings. The minimum atomic E-state index is 0.185. The van der Waals surface area contributed by atoms with Gasteiger partial charge in [-0.15, -0.1) is 11.8 Å². The van der Waals surface area contributed by atoms with Gasteiger partial charge in [0.05, 0.1) is 6.61 Å². The van der Waals surface area contributed by atoms with Crippen molar-refractivity contribution in [3.8, 4) is 5.75 Å². The Balaban J connectivity index is 2.95. The molecule has 0 spiro atoms. The first-order valence-corrected chi connectivity index (χ1v) is 9.23. The summed E-state index contributed by atoms with van der Waals surface area (Å²) in [6.07, 6.45) is 5.59. The fourth-order valence-corrected chi connectivity index (χ4v) is 3.54. The second-order valence-corrected chi connectivity index (χ2v) is 8.54. The van der Waals surface area contributed by atoms with Crippen LogP contribution in [0.5, 0.6) is 5.75 Å². The molecule has 0 radical (unpaired) electrons. The van der Waals surface area contributed by atoms with Crippen molar-refractivity contribution >= 4 is 11.8 Å². The molecule has 0 unspecified atom stereocenters. The molecular weight excluding hydrogens is 276 g/mol. The Morgan fingerprint density at radius 3 is 2.29 bits per heavy atom. The van der Waals surface area contributed by atoms with E-state index in [2.05, 4.69) is 66.0 Å². The third kappa shape index (κ3) is 5.94. The zero-order valence-corrected chi connectivity index (χ0v) is 15.7. The van der Waals surface area contributed by atoms with Crippen LogP contribution in [-0.2, 0) is 5.41 Å². The van der Waals surface area contributed by atoms with Crippen LogP contribution in [0.4, 0.5) is 0 Å². The molecule has 0 amide bonds. The number of hydrogen-bond donors (Lipinski definition) is 0. The Morgan fingerprint density at radius 1 is 1.10 bits per heavy atom. The Hall–Kier alpha value is -0.630. The lowest BCUT2D eigenvalue weighted by Crippen LogP contribution is -2.24. The molecule has 0 bridgehead atoms. The second kappa shape index (κ2) is 7.58. The van der Waals surface area contributed by atoms with Crippen molar-refractivity contribution in [1.29, 1.82) is 0 Å². The summed E-state index contributed by atoms with van der Waals surface area (Å²) < 4.78 is 5.92. The number of ether oxygens (including phenoxy) is 1. The number of rotatable bonds is 7. The fourth-order valence-electron chi connectivity index (χ4n) is 2.96. The van der Waals surface area contributed by atoms with Crippen LogP contribution in [0.25, 0.3) is 0 Å². The Labute approximate surface area is 135 Å². The highest BCUT2D eigenvalue weighted by atomic mass is 32.2. The molecule has 0 saturated carbocycles. The summed E-state index contributed by atoms with van der Waals surface area (Å²) in [6, 6.07) is 6.71. The van der Waals surface area contributed by atoms with E-state index in [1.54, 1.807) is 11.8 Å². The van der Waals surface area contributed by atoms with E-state index in [0.717, 1.165) is 18.8 Å². The number of unbranched alkanes of at least 4 members (excludes halogenated alkanes) is 1. The van der Waals surface area contributed by atoms with Gasteiger partial charge in [-0.2, -0.15) is 0 Å². The Bertz CT molecular complexity index is 443. The SMILES string of the molecule is CCCCOc1ccc(C(C)(C)CC(C)(C)C)cc1SC. The molecule has 21 heavy (non-hydrogen) atoms. The van der Waals surface area contributed by atoms with E-state index in [4.69, 9.17) is 4.74 Å². The normalized spacial score (nSPS) is 12.5. The average Bonchev–Trinajstić information content (AvgIpc) is 2.36. The summed E-state index contributed by atoms with van der Waals surface area (Å²) in [7, 11) is 0. The van der Waals surface area contributed by atoms with E-state index < -0.39 is 0 Å². The van der Waals surface area contributed by atoms with Gasteiger partial charge in [-0.25, -0.2) is 0 Å². The van der Waals surface area contributed by atoms with Crippen LogP contribution in [0.1, 0.15) is 66.4 Å². The van der Waals surface area contributed by atoms with E-state index in [9.17, 15) is 0 Å². The van der Waals surface area contributed by atoms with E-state index in [1.165, 1.54) is 23.3 Å². The highest BCUT2D eigenvalue weighted by Gasteiger charge is 2.27. The summed E-state index contributed by atoms with van der Waals surface area (Å²) in [5.74, 6) is 1.03. The van der Waals surface area contributed by atoms with E-state index in [-0.39, 0.29) is 5.41 Å². The molecular formula is C19H32OS. The molecule has 0 atom stereocenters. The fraction of sp³-hybridized carbons (Fsp3) is 0.684. The van der Waals surface area contributed by atoms with E-state index >= 15 is 0 Å². The van der Waals surface area contributed by atoms with Crippen LogP contribution >= 0.6 is 11.8 Å². The van der Waals surface area contributed by atoms with Gasteiger partial charge < -0.3 is 4.74 Å². The van der Waals surface area contributed by atoms with Crippen molar-refractivity contribution in [2.45, 2.75) is 71.1 Å². The van der Waals surface area contributed by atoms with Gasteiger partial charge in [-0.3, -0.25) is 0 Å². The molecule has 0 N–H and O–H groups in total. The highest BCUT2D eigenvalue weighted by Crippen LogP contribution is 2.39. The van der Waals surface area contributed by atoms with Crippen molar-refractivity contribution in [3.63, 3.8) is 0 Å². The lowest BCUT2D eigenvalue weighted by atomic mass is 9.72. The van der Waals surface area contributed by atoms with Gasteiger partial charge in [0.2, 0.25) is 0 Å². The van der Waals surface area contributed by atoms with Crippen LogP contribution < -0.4 is 4.74 Å². The van der Waals surface area contributed by atoms with Crippen molar-refractivity contribution in [2.75, 3.05) is 12.9 Å². The molecule has 1 rings (SSSR count). The predicted octanol–water partition coefficient (Wildman–Crippen LogP) is 6.30. The summed E-state index contributed by atoms with van der Waals surface area (Å²) >= 11 is 1.78. The van der Waals surface area contributed by atoms with Gasteiger partial charge >= 0.3 is 0 Å². The minimum absolute atomic E-state index is 0.185. The summed E-state index contributed by atoms with van der Waals surface area (Å²) in [6.45, 7) is 14.6. The molecule has 0 aromatic heterocycles. The van der Waals surface area contributed by atoms with Gasteiger partial charge in [0.25, 0.3) is 0 Å². The summed E-state index contributed by atoms with van der Waals surface area (Å²) in [4.78, 5) is 1.26. The Morgan fingerprint density at radius 2 is 1.76 bits per heavy atom. The number of benzene rings is 1. The molecule has 0 heterocycles. The summed E-state index contributed by atoms with van der Waals surface area (Å²) in [5.41, 5.74) is 1.92. The van der Waals surface area contributed by atoms with E-state index in [0.29, 0.717) is 5.41 Å². The van der Waals surface area contributed by atoms with Crippen LogP contribution in [0.2, 0.25) is 0 Å². The quantitative estimate of drug-likeness (QED) is 0.431. The first kappa shape index (κ1) is 18.4. The average molecular weight is 309 g/mol. The van der Waals surface area contributed by atoms with Gasteiger partial charge in [0, 0.05) is 4.90 Å². The third-order valence-corrected chi connectivity index (χ3v) is 4.43. The van der Waals surface area contributed by atoms with Crippen molar-refractivity contribution in [3.05, 3.63) is 23.8 Å². The van der Waals surface area contributed by atoms with Crippen LogP contribution in [0.3, 0.4) is 0 Å². The lowest BCUT2D eigenvalue weighted by molar-refractivity contribution is 0.282. The molecule has 0 aliphatic carbocycles. The third-order valence-electron chi connectivity index (χ3n) is 3.67. The zero-order valence-electron chi connectivity index (χ0n) is 14.9. The smallest absolute Gasteiger partial charge is 0.132 e. The molecule has 1 aromatic carbocycles. The molecule has 0 aliphatic rings. The second-order valence-electron chi connectivity index (χ2n) is 7.69. The van der Waals surface area contributed by atoms with Gasteiger partial charge in [-0.05, 0) is 47.6 Å². The first-order chi connectivity index (χ1) is 9.69. The number of hydrogen-bond acceptors (Lipinski definition) is 2. The van der Waals surface area contributed by atoms with Gasteiger partial charge in [0.1, 0.15) is 5.75 Å². The van der Waals surface area contributed by atoms with Crippen molar-refractivity contribution < 1.29 is 4.74 Å². The maximum atomic E-state index is 5.92. The predicted molar refractivity (Wildman–Crippen MR) is 95.7 cm³/mol. The lowest BCUT2D eigenvalue weighted by Gasteiger charge is -2.33. The largest absolute Gasteiger partial charge is 0.492 e. The molecule has 0 aliphatic heterocycles. The molecule has 0 saturated heterocycles. The summed E-state index contributed by atoms with van der Waals surface area (Å²) in [5, 5.41) is 0. The zero-order chi connectivity index (χ0) is 16.1. The topological polar surface area (TPSA) is 9.23 Å². The Kier molecular flexibility index (Phi) is 6.65. The monoisotopic (exact) mass is 308 g/mol. The minimum Gasteiger partial charge on any atom is -0.492 e. The molecule has 2 heteroatoms. The number of thioether (sulfide) groups is 1. The van der Waals surface area contributed by atoms with Crippen molar-refractivity contribution in [1.82, 2.24) is 0 Å². The van der Waals surface area contributed by atoms with Crippen molar-refractivity contribution in [2.24, 2.45) is 5.41 Å². The van der Waals surface area contributed by atoms with Crippen LogP contribution in [0, 0.1) is 5.41 Å². The highest BCUT2D eigenvalue weighted by molar-refractivity contribution is 7.98. The van der Waals surface area contributed by atoms with E-state index in [1.807, 2.05) is 0 Å². The maximum absolute atomic E-state index is 5.92.